The van der Waals surface area contributed by atoms with E-state index in [0.29, 0.717) is 22.7 Å². The molecule has 2 aliphatic heterocycles. The van der Waals surface area contributed by atoms with Crippen LogP contribution in [0, 0.1) is 22.0 Å². The van der Waals surface area contributed by atoms with Gasteiger partial charge in [0.15, 0.2) is 23.0 Å². The summed E-state index contributed by atoms with van der Waals surface area (Å²) in [6, 6.07) is 15.1. The van der Waals surface area contributed by atoms with Crippen LogP contribution in [0.15, 0.2) is 60.8 Å². The Morgan fingerprint density at radius 3 is 2.23 bits per heavy atom. The van der Waals surface area contributed by atoms with Crippen molar-refractivity contribution in [3.05, 3.63) is 93.3 Å². The smallest absolute Gasteiger partial charge is 0.310 e. The maximum atomic E-state index is 13.4. The molecule has 0 radical (unpaired) electrons. The van der Waals surface area contributed by atoms with Gasteiger partial charge in [-0.2, -0.15) is 0 Å². The monoisotopic (exact) mass is 642 g/mol. The summed E-state index contributed by atoms with van der Waals surface area (Å²) in [7, 11) is 4.46. The number of nitrogens with one attached hydrogen (secondary N) is 2. The maximum Gasteiger partial charge on any atom is 0.310 e. The van der Waals surface area contributed by atoms with E-state index in [4.69, 9.17) is 23.7 Å². The van der Waals surface area contributed by atoms with Crippen LogP contribution >= 0.6 is 0 Å². The number of carbonyl (C=O) groups is 2. The van der Waals surface area contributed by atoms with Gasteiger partial charge in [0, 0.05) is 36.3 Å². The Hall–Kier alpha value is -5.92. The number of benzene rings is 3. The summed E-state index contributed by atoms with van der Waals surface area (Å²) in [5.41, 5.74) is 3.58. The molecule has 4 aromatic rings. The Morgan fingerprint density at radius 1 is 0.979 bits per heavy atom. The molecular weight excluding hydrogens is 612 g/mol. The highest BCUT2D eigenvalue weighted by molar-refractivity contribution is 6.03. The van der Waals surface area contributed by atoms with Crippen molar-refractivity contribution in [1.82, 2.24) is 4.57 Å². The number of aromatic nitrogens is 1. The number of phenols is 1. The number of nitro groups is 1. The third-order valence-electron chi connectivity index (χ3n) is 8.95. The molecule has 3 aliphatic rings. The second-order valence-electron chi connectivity index (χ2n) is 11.5. The first kappa shape index (κ1) is 29.8. The van der Waals surface area contributed by atoms with E-state index in [1.165, 1.54) is 31.0 Å². The molecule has 0 spiro atoms. The molecule has 0 saturated carbocycles. The highest BCUT2D eigenvalue weighted by Crippen LogP contribution is 2.56. The summed E-state index contributed by atoms with van der Waals surface area (Å²) in [6.45, 7) is 0.245. The molecule has 1 fully saturated rings. The lowest BCUT2D eigenvalue weighted by atomic mass is 9.65. The number of methoxy groups -OCH3 is 2. The topological polar surface area (TPSA) is 173 Å². The van der Waals surface area contributed by atoms with Crippen molar-refractivity contribution < 1.29 is 43.3 Å². The van der Waals surface area contributed by atoms with E-state index in [9.17, 15) is 24.8 Å². The summed E-state index contributed by atoms with van der Waals surface area (Å²) < 4.78 is 29.4. The minimum atomic E-state index is -0.591. The van der Waals surface area contributed by atoms with Gasteiger partial charge in [0.05, 0.1) is 43.9 Å². The number of ether oxygens (including phenoxy) is 5. The summed E-state index contributed by atoms with van der Waals surface area (Å²) in [4.78, 5) is 36.8. The van der Waals surface area contributed by atoms with Gasteiger partial charge in [-0.05, 0) is 65.2 Å². The lowest BCUT2D eigenvalue weighted by Gasteiger charge is -2.40. The van der Waals surface area contributed by atoms with Crippen LogP contribution in [0.5, 0.6) is 28.7 Å². The lowest BCUT2D eigenvalue weighted by Crippen LogP contribution is -2.37. The van der Waals surface area contributed by atoms with E-state index in [1.807, 2.05) is 12.1 Å². The van der Waals surface area contributed by atoms with Crippen LogP contribution in [0.2, 0.25) is 0 Å². The number of hydrogen-bond donors (Lipinski definition) is 3. The first-order chi connectivity index (χ1) is 22.7. The Kier molecular flexibility index (Phi) is 7.26. The minimum absolute atomic E-state index is 0.0695. The van der Waals surface area contributed by atoms with Crippen LogP contribution in [0.3, 0.4) is 0 Å². The number of anilines is 2. The standard InChI is InChI=1S/C33H30N4O10/c1-36-13-19(37(41)42)10-23(36)32(39)35-18-6-4-17(5-7-18)34-30-21-12-25-24(46-15-47-25)11-20(21)28(29-22(30)14-45-33(29)40)16-8-26(43-2)31(38)27(9-16)44-3/h4-13,22,28-30,34,38H,14-15H2,1-3H3,(H,35,39)/t22-,28+,29-,30+/m0/s1. The van der Waals surface area contributed by atoms with Crippen molar-refractivity contribution in [3.8, 4) is 28.7 Å². The Balaban J connectivity index is 1.23. The van der Waals surface area contributed by atoms with Crippen LogP contribution in [0.4, 0.5) is 17.1 Å². The number of aromatic hydroxyl groups is 1. The van der Waals surface area contributed by atoms with Crippen LogP contribution in [-0.4, -0.2) is 54.1 Å². The number of amides is 1. The van der Waals surface area contributed by atoms with Gasteiger partial charge in [0.1, 0.15) is 5.69 Å². The van der Waals surface area contributed by atoms with Crippen molar-refractivity contribution in [2.75, 3.05) is 38.3 Å². The van der Waals surface area contributed by atoms with Crippen LogP contribution in [-0.2, 0) is 16.6 Å². The molecule has 1 amide bonds. The van der Waals surface area contributed by atoms with E-state index in [2.05, 4.69) is 10.6 Å². The summed E-state index contributed by atoms with van der Waals surface area (Å²) in [5, 5.41) is 28.1. The van der Waals surface area contributed by atoms with Crippen LogP contribution < -0.4 is 29.6 Å². The van der Waals surface area contributed by atoms with Crippen molar-refractivity contribution in [3.63, 3.8) is 0 Å². The van der Waals surface area contributed by atoms with Gasteiger partial charge in [-0.25, -0.2) is 0 Å². The van der Waals surface area contributed by atoms with Crippen molar-refractivity contribution in [1.29, 1.82) is 0 Å². The predicted octanol–water partition coefficient (Wildman–Crippen LogP) is 4.73. The quantitative estimate of drug-likeness (QED) is 0.138. The maximum absolute atomic E-state index is 13.4. The molecule has 0 bridgehead atoms. The summed E-state index contributed by atoms with van der Waals surface area (Å²) in [6.07, 6.45) is 1.28. The van der Waals surface area contributed by atoms with Gasteiger partial charge < -0.3 is 44.0 Å². The molecule has 14 heteroatoms. The number of nitrogens with zero attached hydrogens (tertiary/aromatic N) is 2. The largest absolute Gasteiger partial charge is 0.502 e. The predicted molar refractivity (Wildman–Crippen MR) is 166 cm³/mol. The van der Waals surface area contributed by atoms with Gasteiger partial charge in [0.25, 0.3) is 11.6 Å². The molecule has 7 rings (SSSR count). The molecule has 1 aromatic heterocycles. The Morgan fingerprint density at radius 2 is 1.62 bits per heavy atom. The molecule has 0 unspecified atom stereocenters. The minimum Gasteiger partial charge on any atom is -0.502 e. The third-order valence-corrected chi connectivity index (χ3v) is 8.95. The van der Waals surface area contributed by atoms with Gasteiger partial charge in [-0.1, -0.05) is 0 Å². The van der Waals surface area contributed by atoms with E-state index >= 15 is 0 Å². The molecule has 14 nitrogen and oxygen atoms in total. The normalized spacial score (nSPS) is 20.5. The number of cyclic esters (lactones) is 1. The van der Waals surface area contributed by atoms with Gasteiger partial charge in [-0.3, -0.25) is 19.7 Å². The van der Waals surface area contributed by atoms with E-state index < -0.39 is 22.7 Å². The number of rotatable bonds is 8. The summed E-state index contributed by atoms with van der Waals surface area (Å²) >= 11 is 0. The molecular formula is C33H30N4O10. The van der Waals surface area contributed by atoms with Crippen LogP contribution in [0.25, 0.3) is 0 Å². The number of hydrogen-bond acceptors (Lipinski definition) is 11. The molecule has 4 atom stereocenters. The zero-order valence-electron chi connectivity index (χ0n) is 25.5. The molecule has 47 heavy (non-hydrogen) atoms. The SMILES string of the molecule is COc1cc([C@@H]2c3cc4c(cc3[C@@H](Nc3ccc(NC(=O)c5cc([N+](=O)[O-])cn5C)cc3)[C@H]3COC(=O)[C@H]23)OCO4)cc(OC)c1O. The van der Waals surface area contributed by atoms with E-state index in [-0.39, 0.29) is 60.0 Å². The lowest BCUT2D eigenvalue weighted by molar-refractivity contribution is -0.384. The average Bonchev–Trinajstić information content (AvgIpc) is 3.79. The molecule has 3 aromatic carbocycles. The molecule has 1 aliphatic carbocycles. The van der Waals surface area contributed by atoms with Gasteiger partial charge in [-0.15, -0.1) is 0 Å². The fourth-order valence-electron chi connectivity index (χ4n) is 6.74. The molecule has 1 saturated heterocycles. The van der Waals surface area contributed by atoms with Crippen molar-refractivity contribution in [2.24, 2.45) is 18.9 Å². The highest BCUT2D eigenvalue weighted by Gasteiger charge is 2.52. The van der Waals surface area contributed by atoms with E-state index in [1.54, 1.807) is 43.4 Å². The number of phenolic OH excluding ortho intramolecular Hbond substituents is 1. The third kappa shape index (κ3) is 5.07. The number of carbonyl (C=O) groups excluding carboxylic acids is 2. The van der Waals surface area contributed by atoms with Crippen molar-refractivity contribution in [2.45, 2.75) is 12.0 Å². The van der Waals surface area contributed by atoms with E-state index in [0.717, 1.165) is 16.8 Å². The fourth-order valence-corrected chi connectivity index (χ4v) is 6.74. The summed E-state index contributed by atoms with van der Waals surface area (Å²) in [5.74, 6) is -0.786. The Labute approximate surface area is 267 Å². The second-order valence-corrected chi connectivity index (χ2v) is 11.5. The second kappa shape index (κ2) is 11.5. The number of esters is 1. The number of fused-ring (bicyclic) bond motifs is 3. The molecule has 3 N–H and O–H groups in total. The average molecular weight is 643 g/mol. The first-order valence-electron chi connectivity index (χ1n) is 14.7. The Bertz CT molecular complexity index is 1900. The zero-order chi connectivity index (χ0) is 33.0. The van der Waals surface area contributed by atoms with Gasteiger partial charge >= 0.3 is 5.97 Å². The van der Waals surface area contributed by atoms with Crippen LogP contribution in [0.1, 0.15) is 39.1 Å². The zero-order valence-corrected chi connectivity index (χ0v) is 25.5. The van der Waals surface area contributed by atoms with Gasteiger partial charge in [0.2, 0.25) is 12.5 Å². The fraction of sp³-hybridized carbons (Fsp3) is 0.273. The highest BCUT2D eigenvalue weighted by atomic mass is 16.7. The molecule has 242 valence electrons. The number of aryl methyl sites for hydroxylation is 1. The first-order valence-corrected chi connectivity index (χ1v) is 14.7. The van der Waals surface area contributed by atoms with Crippen molar-refractivity contribution >= 4 is 28.9 Å². The molecule has 3 heterocycles.